The maximum Gasteiger partial charge on any atom is 0.225 e. The monoisotopic (exact) mass is 233 g/mol. The highest BCUT2D eigenvalue weighted by atomic mass is 35.5. The summed E-state index contributed by atoms with van der Waals surface area (Å²) in [7, 11) is 0. The van der Waals surface area contributed by atoms with Gasteiger partial charge in [-0.05, 0) is 19.8 Å². The first kappa shape index (κ1) is 14.8. The van der Waals surface area contributed by atoms with Crippen molar-refractivity contribution in [3.63, 3.8) is 0 Å². The summed E-state index contributed by atoms with van der Waals surface area (Å²) in [6.45, 7) is 7.73. The molecule has 0 rings (SSSR count). The third-order valence-corrected chi connectivity index (χ3v) is 2.84. The van der Waals surface area contributed by atoms with Gasteiger partial charge in [0.05, 0.1) is 0 Å². The quantitative estimate of drug-likeness (QED) is 0.590. The Morgan fingerprint density at radius 2 is 1.73 bits per heavy atom. The standard InChI is InChI=1S/C12H24ClNO/c1-4-7-11(8-5-2)12(15)14(6-3)10-9-13/h11H,4-10H2,1-3H3. The topological polar surface area (TPSA) is 20.3 Å². The minimum absolute atomic E-state index is 0.211. The van der Waals surface area contributed by atoms with Gasteiger partial charge in [0.25, 0.3) is 0 Å². The molecule has 0 saturated carbocycles. The van der Waals surface area contributed by atoms with E-state index in [0.29, 0.717) is 18.3 Å². The summed E-state index contributed by atoms with van der Waals surface area (Å²) in [6.07, 6.45) is 4.17. The lowest BCUT2D eigenvalue weighted by molar-refractivity contribution is -0.135. The molecule has 0 unspecified atom stereocenters. The van der Waals surface area contributed by atoms with Crippen molar-refractivity contribution in [1.82, 2.24) is 4.90 Å². The molecule has 15 heavy (non-hydrogen) atoms. The number of amides is 1. The van der Waals surface area contributed by atoms with Crippen LogP contribution >= 0.6 is 11.6 Å². The molecule has 0 bridgehead atoms. The van der Waals surface area contributed by atoms with E-state index in [1.165, 1.54) is 0 Å². The summed E-state index contributed by atoms with van der Waals surface area (Å²) in [5, 5.41) is 0. The van der Waals surface area contributed by atoms with Crippen molar-refractivity contribution >= 4 is 17.5 Å². The minimum Gasteiger partial charge on any atom is -0.342 e. The number of carbonyl (C=O) groups is 1. The Balaban J connectivity index is 4.29. The van der Waals surface area contributed by atoms with Gasteiger partial charge in [-0.3, -0.25) is 4.79 Å². The Bertz CT molecular complexity index is 167. The van der Waals surface area contributed by atoms with Gasteiger partial charge in [-0.1, -0.05) is 26.7 Å². The Hall–Kier alpha value is -0.240. The number of carbonyl (C=O) groups excluding carboxylic acids is 1. The molecule has 0 aliphatic carbocycles. The number of hydrogen-bond acceptors (Lipinski definition) is 1. The molecule has 0 saturated heterocycles. The zero-order valence-electron chi connectivity index (χ0n) is 10.3. The average molecular weight is 234 g/mol. The van der Waals surface area contributed by atoms with Crippen molar-refractivity contribution < 1.29 is 4.79 Å². The summed E-state index contributed by atoms with van der Waals surface area (Å²) in [6, 6.07) is 0. The molecule has 0 fully saturated rings. The average Bonchev–Trinajstić information content (AvgIpc) is 2.24. The molecule has 0 spiro atoms. The smallest absolute Gasteiger partial charge is 0.225 e. The Morgan fingerprint density at radius 3 is 2.07 bits per heavy atom. The van der Waals surface area contributed by atoms with Gasteiger partial charge < -0.3 is 4.90 Å². The molecular weight excluding hydrogens is 210 g/mol. The Morgan fingerprint density at radius 1 is 1.20 bits per heavy atom. The maximum absolute atomic E-state index is 12.1. The van der Waals surface area contributed by atoms with E-state index < -0.39 is 0 Å². The van der Waals surface area contributed by atoms with Crippen molar-refractivity contribution in [3.8, 4) is 0 Å². The highest BCUT2D eigenvalue weighted by Crippen LogP contribution is 2.16. The first-order chi connectivity index (χ1) is 7.21. The van der Waals surface area contributed by atoms with Crippen LogP contribution in [0.2, 0.25) is 0 Å². The van der Waals surface area contributed by atoms with Crippen LogP contribution in [0, 0.1) is 5.92 Å². The van der Waals surface area contributed by atoms with Crippen molar-refractivity contribution in [1.29, 1.82) is 0 Å². The number of alkyl halides is 1. The molecule has 0 aromatic carbocycles. The van der Waals surface area contributed by atoms with Gasteiger partial charge in [0.1, 0.15) is 0 Å². The molecule has 0 atom stereocenters. The molecule has 0 aromatic heterocycles. The van der Waals surface area contributed by atoms with E-state index in [2.05, 4.69) is 13.8 Å². The fraction of sp³-hybridized carbons (Fsp3) is 0.917. The third-order valence-electron chi connectivity index (χ3n) is 2.67. The summed E-state index contributed by atoms with van der Waals surface area (Å²) < 4.78 is 0. The molecular formula is C12H24ClNO. The van der Waals surface area contributed by atoms with Crippen LogP contribution in [0.4, 0.5) is 0 Å². The van der Waals surface area contributed by atoms with Crippen LogP contribution < -0.4 is 0 Å². The summed E-state index contributed by atoms with van der Waals surface area (Å²) in [4.78, 5) is 14.0. The van der Waals surface area contributed by atoms with Gasteiger partial charge in [0.15, 0.2) is 0 Å². The normalized spacial score (nSPS) is 10.7. The van der Waals surface area contributed by atoms with Crippen molar-refractivity contribution in [2.75, 3.05) is 19.0 Å². The van der Waals surface area contributed by atoms with Gasteiger partial charge in [-0.2, -0.15) is 0 Å². The highest BCUT2D eigenvalue weighted by Gasteiger charge is 2.21. The molecule has 90 valence electrons. The van der Waals surface area contributed by atoms with Crippen LogP contribution in [-0.2, 0) is 4.79 Å². The van der Waals surface area contributed by atoms with Crippen LogP contribution in [0.1, 0.15) is 46.5 Å². The highest BCUT2D eigenvalue weighted by molar-refractivity contribution is 6.18. The number of nitrogens with zero attached hydrogens (tertiary/aromatic N) is 1. The second-order valence-electron chi connectivity index (χ2n) is 3.88. The molecule has 3 heteroatoms. The molecule has 2 nitrogen and oxygen atoms in total. The van der Waals surface area contributed by atoms with Crippen LogP contribution in [-0.4, -0.2) is 29.8 Å². The fourth-order valence-corrected chi connectivity index (χ4v) is 2.08. The molecule has 0 heterocycles. The molecule has 0 aliphatic rings. The SMILES string of the molecule is CCCC(CCC)C(=O)N(CC)CCCl. The maximum atomic E-state index is 12.1. The molecule has 0 N–H and O–H groups in total. The zero-order valence-corrected chi connectivity index (χ0v) is 11.0. The fourth-order valence-electron chi connectivity index (χ4n) is 1.87. The molecule has 0 aliphatic heterocycles. The van der Waals surface area contributed by atoms with Gasteiger partial charge in [-0.25, -0.2) is 0 Å². The first-order valence-electron chi connectivity index (χ1n) is 6.05. The van der Waals surface area contributed by atoms with E-state index in [1.54, 1.807) is 0 Å². The van der Waals surface area contributed by atoms with E-state index in [9.17, 15) is 4.79 Å². The summed E-state index contributed by atoms with van der Waals surface area (Å²) in [5.74, 6) is 1.04. The van der Waals surface area contributed by atoms with E-state index in [4.69, 9.17) is 11.6 Å². The Labute approximate surface area is 99.0 Å². The van der Waals surface area contributed by atoms with Gasteiger partial charge in [0, 0.05) is 24.9 Å². The second kappa shape index (κ2) is 9.02. The Kier molecular flexibility index (Phi) is 8.88. The van der Waals surface area contributed by atoms with Crippen molar-refractivity contribution in [2.24, 2.45) is 5.92 Å². The van der Waals surface area contributed by atoms with Crippen LogP contribution in [0.25, 0.3) is 0 Å². The lowest BCUT2D eigenvalue weighted by Gasteiger charge is -2.25. The van der Waals surface area contributed by atoms with Gasteiger partial charge >= 0.3 is 0 Å². The second-order valence-corrected chi connectivity index (χ2v) is 4.26. The predicted octanol–water partition coefficient (Wildman–Crippen LogP) is 3.29. The molecule has 0 aromatic rings. The van der Waals surface area contributed by atoms with Crippen LogP contribution in [0.5, 0.6) is 0 Å². The number of rotatable bonds is 8. The predicted molar refractivity (Wildman–Crippen MR) is 66.3 cm³/mol. The molecule has 1 amide bonds. The van der Waals surface area contributed by atoms with Crippen LogP contribution in [0.15, 0.2) is 0 Å². The van der Waals surface area contributed by atoms with E-state index in [1.807, 2.05) is 11.8 Å². The van der Waals surface area contributed by atoms with Gasteiger partial charge in [0.2, 0.25) is 5.91 Å². The van der Waals surface area contributed by atoms with Crippen LogP contribution in [0.3, 0.4) is 0 Å². The van der Waals surface area contributed by atoms with E-state index in [0.717, 1.165) is 32.2 Å². The lowest BCUT2D eigenvalue weighted by Crippen LogP contribution is -2.37. The summed E-state index contributed by atoms with van der Waals surface area (Å²) >= 11 is 5.68. The van der Waals surface area contributed by atoms with Crippen molar-refractivity contribution in [2.45, 2.75) is 46.5 Å². The largest absolute Gasteiger partial charge is 0.342 e. The summed E-state index contributed by atoms with van der Waals surface area (Å²) in [5.41, 5.74) is 0. The zero-order chi connectivity index (χ0) is 11.7. The number of halogens is 1. The van der Waals surface area contributed by atoms with Gasteiger partial charge in [-0.15, -0.1) is 11.6 Å². The third kappa shape index (κ3) is 5.41. The first-order valence-corrected chi connectivity index (χ1v) is 6.59. The number of hydrogen-bond donors (Lipinski definition) is 0. The van der Waals surface area contributed by atoms with E-state index >= 15 is 0 Å². The lowest BCUT2D eigenvalue weighted by atomic mass is 9.96. The molecule has 0 radical (unpaired) electrons. The minimum atomic E-state index is 0.211. The van der Waals surface area contributed by atoms with E-state index in [-0.39, 0.29) is 5.92 Å². The van der Waals surface area contributed by atoms with Crippen molar-refractivity contribution in [3.05, 3.63) is 0 Å².